The second kappa shape index (κ2) is 7.42. The van der Waals surface area contributed by atoms with E-state index in [9.17, 15) is 4.79 Å². The minimum atomic E-state index is -0.234. The van der Waals surface area contributed by atoms with Gasteiger partial charge in [0, 0.05) is 17.1 Å². The molecule has 122 valence electrons. The van der Waals surface area contributed by atoms with E-state index >= 15 is 0 Å². The van der Waals surface area contributed by atoms with E-state index in [1.54, 1.807) is 6.20 Å². The van der Waals surface area contributed by atoms with Crippen molar-refractivity contribution in [2.75, 3.05) is 11.9 Å². The maximum Gasteiger partial charge on any atom is 0.271 e. The van der Waals surface area contributed by atoms with Crippen molar-refractivity contribution in [2.45, 2.75) is 32.7 Å². The van der Waals surface area contributed by atoms with Crippen molar-refractivity contribution in [3.63, 3.8) is 0 Å². The Labute approximate surface area is 141 Å². The van der Waals surface area contributed by atoms with Crippen molar-refractivity contribution in [1.29, 1.82) is 0 Å². The van der Waals surface area contributed by atoms with Crippen LogP contribution in [0.2, 0.25) is 5.02 Å². The van der Waals surface area contributed by atoms with E-state index in [1.807, 2.05) is 45.0 Å². The van der Waals surface area contributed by atoms with Crippen LogP contribution >= 0.6 is 11.6 Å². The van der Waals surface area contributed by atoms with Crippen LogP contribution in [-0.2, 0) is 6.42 Å². The van der Waals surface area contributed by atoms with Gasteiger partial charge in [-0.2, -0.15) is 0 Å². The van der Waals surface area contributed by atoms with Crippen LogP contribution in [0.3, 0.4) is 0 Å². The van der Waals surface area contributed by atoms with E-state index < -0.39 is 0 Å². The van der Waals surface area contributed by atoms with Gasteiger partial charge in [0.05, 0.1) is 12.4 Å². The molecule has 0 fully saturated rings. The zero-order valence-corrected chi connectivity index (χ0v) is 14.3. The smallest absolute Gasteiger partial charge is 0.271 e. The number of nitrogens with one attached hydrogen (secondary N) is 2. The normalized spacial score (nSPS) is 11.1. The van der Waals surface area contributed by atoms with Crippen LogP contribution in [0.4, 0.5) is 5.82 Å². The number of rotatable bonds is 5. The van der Waals surface area contributed by atoms with Gasteiger partial charge in [-0.25, -0.2) is 9.97 Å². The first-order chi connectivity index (χ1) is 10.8. The Morgan fingerprint density at radius 3 is 2.61 bits per heavy atom. The van der Waals surface area contributed by atoms with Gasteiger partial charge in [-0.1, -0.05) is 23.7 Å². The van der Waals surface area contributed by atoms with Crippen LogP contribution in [0.5, 0.6) is 0 Å². The van der Waals surface area contributed by atoms with Crippen molar-refractivity contribution in [2.24, 2.45) is 0 Å². The maximum absolute atomic E-state index is 12.0. The van der Waals surface area contributed by atoms with Gasteiger partial charge < -0.3 is 10.6 Å². The molecular formula is C17H21ClN4O. The molecule has 1 heterocycles. The fourth-order valence-corrected chi connectivity index (χ4v) is 2.21. The summed E-state index contributed by atoms with van der Waals surface area (Å²) in [6, 6.07) is 7.59. The molecule has 0 aliphatic heterocycles. The van der Waals surface area contributed by atoms with Crippen LogP contribution in [0.15, 0.2) is 36.7 Å². The number of aromatic nitrogens is 2. The summed E-state index contributed by atoms with van der Waals surface area (Å²) in [4.78, 5) is 20.4. The zero-order valence-electron chi connectivity index (χ0n) is 13.6. The Hall–Kier alpha value is -2.14. The summed E-state index contributed by atoms with van der Waals surface area (Å²) in [5, 5.41) is 6.73. The Morgan fingerprint density at radius 1 is 1.22 bits per heavy atom. The van der Waals surface area contributed by atoms with E-state index in [2.05, 4.69) is 20.6 Å². The summed E-state index contributed by atoms with van der Waals surface area (Å²) >= 11 is 5.93. The topological polar surface area (TPSA) is 66.9 Å². The lowest BCUT2D eigenvalue weighted by Gasteiger charge is -2.20. The lowest BCUT2D eigenvalue weighted by molar-refractivity contribution is 0.0949. The number of hydrogen-bond acceptors (Lipinski definition) is 4. The average Bonchev–Trinajstić information content (AvgIpc) is 2.46. The van der Waals surface area contributed by atoms with E-state index in [1.165, 1.54) is 6.20 Å². The molecule has 2 N–H and O–H groups in total. The molecule has 0 unspecified atom stereocenters. The van der Waals surface area contributed by atoms with E-state index in [-0.39, 0.29) is 11.4 Å². The van der Waals surface area contributed by atoms with E-state index in [4.69, 9.17) is 11.6 Å². The van der Waals surface area contributed by atoms with E-state index in [0.717, 1.165) is 5.56 Å². The molecule has 0 aliphatic carbocycles. The van der Waals surface area contributed by atoms with Crippen LogP contribution in [0, 0.1) is 0 Å². The Bertz CT molecular complexity index is 665. The number of amides is 1. The molecule has 2 aromatic rings. The van der Waals surface area contributed by atoms with Crippen LogP contribution in [0.25, 0.3) is 0 Å². The monoisotopic (exact) mass is 332 g/mol. The number of carbonyl (C=O) groups is 1. The van der Waals surface area contributed by atoms with Gasteiger partial charge in [0.1, 0.15) is 11.5 Å². The van der Waals surface area contributed by atoms with E-state index in [0.29, 0.717) is 29.5 Å². The molecule has 0 saturated heterocycles. The predicted molar refractivity (Wildman–Crippen MR) is 92.9 cm³/mol. The van der Waals surface area contributed by atoms with Crippen LogP contribution in [-0.4, -0.2) is 28.0 Å². The molecule has 5 nitrogen and oxygen atoms in total. The highest BCUT2D eigenvalue weighted by molar-refractivity contribution is 6.30. The molecular weight excluding hydrogens is 312 g/mol. The maximum atomic E-state index is 12.0. The molecule has 2 rings (SSSR count). The summed E-state index contributed by atoms with van der Waals surface area (Å²) in [7, 11) is 0. The molecule has 0 aliphatic rings. The van der Waals surface area contributed by atoms with Gasteiger partial charge in [-0.3, -0.25) is 4.79 Å². The summed E-state index contributed by atoms with van der Waals surface area (Å²) < 4.78 is 0. The number of hydrogen-bond donors (Lipinski definition) is 2. The van der Waals surface area contributed by atoms with Crippen LogP contribution < -0.4 is 10.6 Å². The number of carbonyl (C=O) groups excluding carboxylic acids is 1. The van der Waals surface area contributed by atoms with Gasteiger partial charge in [-0.05, 0) is 44.9 Å². The first-order valence-electron chi connectivity index (χ1n) is 7.46. The Kier molecular flexibility index (Phi) is 5.55. The highest BCUT2D eigenvalue weighted by atomic mass is 35.5. The summed E-state index contributed by atoms with van der Waals surface area (Å²) in [6.45, 7) is 6.62. The Balaban J connectivity index is 1.86. The summed E-state index contributed by atoms with van der Waals surface area (Å²) in [5.41, 5.74) is 1.28. The van der Waals surface area contributed by atoms with Crippen molar-refractivity contribution < 1.29 is 4.79 Å². The zero-order chi connectivity index (χ0) is 16.9. The number of halogens is 1. The molecule has 6 heteroatoms. The number of anilines is 1. The number of benzene rings is 1. The van der Waals surface area contributed by atoms with Crippen molar-refractivity contribution in [3.05, 3.63) is 52.9 Å². The third kappa shape index (κ3) is 5.87. The molecule has 0 radical (unpaired) electrons. The second-order valence-electron chi connectivity index (χ2n) is 6.30. The summed E-state index contributed by atoms with van der Waals surface area (Å²) in [5.74, 6) is 0.412. The molecule has 0 atom stereocenters. The van der Waals surface area contributed by atoms with Gasteiger partial charge >= 0.3 is 0 Å². The molecule has 0 spiro atoms. The standard InChI is InChI=1S/C17H21ClN4O/c1-17(2,3)22-15-11-20-14(10-21-15)16(23)19-8-7-12-5-4-6-13(18)9-12/h4-6,9-11H,7-8H2,1-3H3,(H,19,23)(H,21,22). The molecule has 1 aromatic carbocycles. The lowest BCUT2D eigenvalue weighted by atomic mass is 10.1. The van der Waals surface area contributed by atoms with Crippen molar-refractivity contribution in [1.82, 2.24) is 15.3 Å². The molecule has 1 aromatic heterocycles. The first kappa shape index (κ1) is 17.2. The molecule has 0 saturated carbocycles. The average molecular weight is 333 g/mol. The Morgan fingerprint density at radius 2 is 2.00 bits per heavy atom. The molecule has 0 bridgehead atoms. The highest BCUT2D eigenvalue weighted by Crippen LogP contribution is 2.11. The third-order valence-electron chi connectivity index (χ3n) is 2.98. The fourth-order valence-electron chi connectivity index (χ4n) is 2.00. The van der Waals surface area contributed by atoms with Gasteiger partial charge in [0.2, 0.25) is 0 Å². The fraction of sp³-hybridized carbons (Fsp3) is 0.353. The lowest BCUT2D eigenvalue weighted by Crippen LogP contribution is -2.28. The minimum Gasteiger partial charge on any atom is -0.364 e. The van der Waals surface area contributed by atoms with Crippen LogP contribution in [0.1, 0.15) is 36.8 Å². The highest BCUT2D eigenvalue weighted by Gasteiger charge is 2.12. The third-order valence-corrected chi connectivity index (χ3v) is 3.21. The predicted octanol–water partition coefficient (Wildman–Crippen LogP) is 3.31. The minimum absolute atomic E-state index is 0.102. The molecule has 23 heavy (non-hydrogen) atoms. The second-order valence-corrected chi connectivity index (χ2v) is 6.73. The van der Waals surface area contributed by atoms with Gasteiger partial charge in [0.25, 0.3) is 5.91 Å². The van der Waals surface area contributed by atoms with Crippen molar-refractivity contribution in [3.8, 4) is 0 Å². The SMILES string of the molecule is CC(C)(C)Nc1cnc(C(=O)NCCc2cccc(Cl)c2)cn1. The molecule has 1 amide bonds. The summed E-state index contributed by atoms with van der Waals surface area (Å²) in [6.07, 6.45) is 3.75. The first-order valence-corrected chi connectivity index (χ1v) is 7.84. The van der Waals surface area contributed by atoms with Crippen molar-refractivity contribution >= 4 is 23.3 Å². The number of nitrogens with zero attached hydrogens (tertiary/aromatic N) is 2. The van der Waals surface area contributed by atoms with Gasteiger partial charge in [-0.15, -0.1) is 0 Å². The quantitative estimate of drug-likeness (QED) is 0.881. The van der Waals surface area contributed by atoms with Gasteiger partial charge in [0.15, 0.2) is 0 Å². The largest absolute Gasteiger partial charge is 0.364 e.